The Morgan fingerprint density at radius 3 is 2.00 bits per heavy atom. The fourth-order valence-electron chi connectivity index (χ4n) is 0.510. The van der Waals surface area contributed by atoms with Crippen LogP contribution < -0.4 is 5.48 Å². The van der Waals surface area contributed by atoms with Crippen molar-refractivity contribution >= 4 is 5.91 Å². The van der Waals surface area contributed by atoms with Crippen molar-refractivity contribution in [1.82, 2.24) is 5.48 Å². The lowest BCUT2D eigenvalue weighted by Crippen LogP contribution is -2.12. The number of rotatable bonds is 0. The van der Waals surface area contributed by atoms with Gasteiger partial charge in [-0.1, -0.05) is 0 Å². The van der Waals surface area contributed by atoms with Crippen LogP contribution in [0.3, 0.4) is 0 Å². The zero-order valence-corrected chi connectivity index (χ0v) is 6.09. The second-order valence-electron chi connectivity index (χ2n) is 1.99. The highest BCUT2D eigenvalue weighted by atomic mass is 16.5. The van der Waals surface area contributed by atoms with E-state index in [1.165, 1.54) is 25.2 Å². The van der Waals surface area contributed by atoms with Crippen LogP contribution in [0.5, 0.6) is 0 Å². The van der Waals surface area contributed by atoms with E-state index in [1.54, 1.807) is 0 Å². The molecule has 0 aromatic rings. The number of hydrogen-bond donors (Lipinski definition) is 2. The molecule has 0 radical (unpaired) electrons. The highest BCUT2D eigenvalue weighted by Gasteiger charge is 1.94. The molecule has 4 heteroatoms. The molecule has 0 unspecified atom stereocenters. The Labute approximate surface area is 60.1 Å². The molecule has 1 heterocycles. The Hall–Kier alpha value is -0.610. The summed E-state index contributed by atoms with van der Waals surface area (Å²) in [7, 11) is 0. The summed E-state index contributed by atoms with van der Waals surface area (Å²) in [6.07, 6.45) is 2.56. The van der Waals surface area contributed by atoms with E-state index >= 15 is 0 Å². The number of hydroxylamine groups is 1. The third kappa shape index (κ3) is 7.39. The van der Waals surface area contributed by atoms with Gasteiger partial charge in [-0.25, -0.2) is 5.48 Å². The summed E-state index contributed by atoms with van der Waals surface area (Å²) in [5.41, 5.74) is 1.39. The van der Waals surface area contributed by atoms with Crippen LogP contribution in [0.15, 0.2) is 0 Å². The zero-order valence-electron chi connectivity index (χ0n) is 6.09. The van der Waals surface area contributed by atoms with E-state index < -0.39 is 5.91 Å². The van der Waals surface area contributed by atoms with Crippen LogP contribution in [0.2, 0.25) is 0 Å². The lowest BCUT2D eigenvalue weighted by Gasteiger charge is -1.78. The minimum atomic E-state index is -0.440. The van der Waals surface area contributed by atoms with Crippen LogP contribution >= 0.6 is 0 Å². The summed E-state index contributed by atoms with van der Waals surface area (Å²) in [5.74, 6) is -0.440. The molecule has 1 aliphatic heterocycles. The summed E-state index contributed by atoms with van der Waals surface area (Å²) in [6, 6.07) is 0. The van der Waals surface area contributed by atoms with Crippen molar-refractivity contribution in [2.75, 3.05) is 13.2 Å². The van der Waals surface area contributed by atoms with E-state index in [4.69, 9.17) is 9.94 Å². The molecule has 2 N–H and O–H groups in total. The Bertz CT molecular complexity index is 83.4. The van der Waals surface area contributed by atoms with E-state index in [0.29, 0.717) is 0 Å². The van der Waals surface area contributed by atoms with Gasteiger partial charge in [0.1, 0.15) is 0 Å². The predicted octanol–water partition coefficient (Wildman–Crippen LogP) is 0.308. The first-order chi connectivity index (χ1) is 4.77. The largest absolute Gasteiger partial charge is 0.381 e. The number of carbonyl (C=O) groups is 1. The van der Waals surface area contributed by atoms with Gasteiger partial charge < -0.3 is 4.74 Å². The number of carbonyl (C=O) groups excluding carboxylic acids is 1. The monoisotopic (exact) mass is 147 g/mol. The number of amides is 1. The Balaban J connectivity index is 0.000000162. The van der Waals surface area contributed by atoms with Crippen molar-refractivity contribution in [3.63, 3.8) is 0 Å². The smallest absolute Gasteiger partial charge is 0.240 e. The standard InChI is InChI=1S/C4H8O.C2H5NO2/c1-2-4-5-3-1;1-2(4)3-5/h1-4H2;5H,1H3,(H,3,4). The molecular formula is C6H13NO3. The van der Waals surface area contributed by atoms with Crippen LogP contribution in [-0.2, 0) is 9.53 Å². The first-order valence-electron chi connectivity index (χ1n) is 3.26. The minimum absolute atomic E-state index is 0.440. The third-order valence-corrected chi connectivity index (χ3v) is 0.985. The van der Waals surface area contributed by atoms with Gasteiger partial charge in [0, 0.05) is 20.1 Å². The van der Waals surface area contributed by atoms with Gasteiger partial charge in [0.2, 0.25) is 5.91 Å². The predicted molar refractivity (Wildman–Crippen MR) is 35.7 cm³/mol. The van der Waals surface area contributed by atoms with Crippen LogP contribution in [0.25, 0.3) is 0 Å². The highest BCUT2D eigenvalue weighted by Crippen LogP contribution is 1.98. The van der Waals surface area contributed by atoms with Crippen molar-refractivity contribution in [2.45, 2.75) is 19.8 Å². The van der Waals surface area contributed by atoms with Crippen molar-refractivity contribution in [1.29, 1.82) is 0 Å². The Morgan fingerprint density at radius 1 is 1.50 bits per heavy atom. The zero-order chi connectivity index (χ0) is 7.82. The molecular weight excluding hydrogens is 134 g/mol. The molecule has 1 rings (SSSR count). The van der Waals surface area contributed by atoms with Gasteiger partial charge in [0.15, 0.2) is 0 Å². The fraction of sp³-hybridized carbons (Fsp3) is 0.833. The van der Waals surface area contributed by atoms with Crippen LogP contribution in [0.1, 0.15) is 19.8 Å². The lowest BCUT2D eigenvalue weighted by molar-refractivity contribution is -0.126. The lowest BCUT2D eigenvalue weighted by atomic mass is 10.4. The maximum atomic E-state index is 9.45. The molecule has 60 valence electrons. The molecule has 1 fully saturated rings. The van der Waals surface area contributed by atoms with Crippen molar-refractivity contribution in [2.24, 2.45) is 0 Å². The van der Waals surface area contributed by atoms with Crippen LogP contribution in [0, 0.1) is 0 Å². The Morgan fingerprint density at radius 2 is 1.90 bits per heavy atom. The third-order valence-electron chi connectivity index (χ3n) is 0.985. The topological polar surface area (TPSA) is 58.6 Å². The molecule has 0 atom stereocenters. The summed E-state index contributed by atoms with van der Waals surface area (Å²) < 4.78 is 4.94. The van der Waals surface area contributed by atoms with Gasteiger partial charge in [0.05, 0.1) is 0 Å². The molecule has 0 spiro atoms. The van der Waals surface area contributed by atoms with E-state index in [-0.39, 0.29) is 0 Å². The molecule has 1 amide bonds. The number of ether oxygens (including phenoxy) is 1. The molecule has 1 aliphatic rings. The quantitative estimate of drug-likeness (QED) is 0.383. The van der Waals surface area contributed by atoms with Gasteiger partial charge in [0.25, 0.3) is 0 Å². The summed E-state index contributed by atoms with van der Waals surface area (Å²) in [6.45, 7) is 3.22. The minimum Gasteiger partial charge on any atom is -0.381 e. The first kappa shape index (κ1) is 9.39. The molecule has 0 bridgehead atoms. The first-order valence-corrected chi connectivity index (χ1v) is 3.26. The molecule has 0 aromatic heterocycles. The van der Waals surface area contributed by atoms with Gasteiger partial charge in [-0.2, -0.15) is 0 Å². The van der Waals surface area contributed by atoms with E-state index in [9.17, 15) is 4.79 Å². The SMILES string of the molecule is C1CCOC1.CC(=O)NO. The molecule has 0 aliphatic carbocycles. The molecule has 4 nitrogen and oxygen atoms in total. The molecule has 0 saturated carbocycles. The van der Waals surface area contributed by atoms with Crippen LogP contribution in [-0.4, -0.2) is 24.3 Å². The van der Waals surface area contributed by atoms with Crippen molar-refractivity contribution in [3.8, 4) is 0 Å². The second kappa shape index (κ2) is 6.51. The van der Waals surface area contributed by atoms with Gasteiger partial charge in [-0.05, 0) is 12.8 Å². The van der Waals surface area contributed by atoms with Gasteiger partial charge in [-0.15, -0.1) is 0 Å². The maximum absolute atomic E-state index is 9.45. The van der Waals surface area contributed by atoms with E-state index in [2.05, 4.69) is 0 Å². The summed E-state index contributed by atoms with van der Waals surface area (Å²) in [5, 5.41) is 7.54. The molecule has 1 saturated heterocycles. The second-order valence-corrected chi connectivity index (χ2v) is 1.99. The average Bonchev–Trinajstić information content (AvgIpc) is 2.43. The maximum Gasteiger partial charge on any atom is 0.240 e. The van der Waals surface area contributed by atoms with E-state index in [1.807, 2.05) is 0 Å². The molecule has 10 heavy (non-hydrogen) atoms. The highest BCUT2D eigenvalue weighted by molar-refractivity contribution is 5.71. The van der Waals surface area contributed by atoms with Crippen molar-refractivity contribution in [3.05, 3.63) is 0 Å². The van der Waals surface area contributed by atoms with Gasteiger partial charge in [-0.3, -0.25) is 10.0 Å². The molecule has 0 aromatic carbocycles. The van der Waals surface area contributed by atoms with Crippen LogP contribution in [0.4, 0.5) is 0 Å². The number of hydrogen-bond acceptors (Lipinski definition) is 3. The summed E-state index contributed by atoms with van der Waals surface area (Å²) >= 11 is 0. The van der Waals surface area contributed by atoms with E-state index in [0.717, 1.165) is 13.2 Å². The summed E-state index contributed by atoms with van der Waals surface area (Å²) in [4.78, 5) is 9.45. The van der Waals surface area contributed by atoms with Gasteiger partial charge >= 0.3 is 0 Å². The number of nitrogens with one attached hydrogen (secondary N) is 1. The normalized spacial score (nSPS) is 15.4. The fourth-order valence-corrected chi connectivity index (χ4v) is 0.510. The Kier molecular flexibility index (Phi) is 6.11. The van der Waals surface area contributed by atoms with Crippen molar-refractivity contribution < 1.29 is 14.7 Å². The average molecular weight is 147 g/mol.